The van der Waals surface area contributed by atoms with Crippen LogP contribution in [0.1, 0.15) is 12.5 Å². The van der Waals surface area contributed by atoms with Gasteiger partial charge in [0.25, 0.3) is 5.56 Å². The largest absolute Gasteiger partial charge is 0.329 e. The van der Waals surface area contributed by atoms with Gasteiger partial charge in [-0.25, -0.2) is 4.79 Å². The van der Waals surface area contributed by atoms with Crippen molar-refractivity contribution in [2.24, 2.45) is 0 Å². The number of rotatable bonds is 2. The Bertz CT molecular complexity index is 450. The molecule has 13 heavy (non-hydrogen) atoms. The van der Waals surface area contributed by atoms with Crippen LogP contribution < -0.4 is 11.2 Å². The zero-order valence-corrected chi connectivity index (χ0v) is 7.20. The van der Waals surface area contributed by atoms with Crippen LogP contribution in [0, 0.1) is 11.3 Å². The van der Waals surface area contributed by atoms with Crippen LogP contribution in [0.5, 0.6) is 0 Å². The van der Waals surface area contributed by atoms with Gasteiger partial charge < -0.3 is 0 Å². The summed E-state index contributed by atoms with van der Waals surface area (Å²) in [7, 11) is 0. The van der Waals surface area contributed by atoms with Crippen LogP contribution in [0.4, 0.5) is 0 Å². The van der Waals surface area contributed by atoms with E-state index in [2.05, 4.69) is 4.98 Å². The Balaban J connectivity index is 3.33. The average Bonchev–Trinajstić information content (AvgIpc) is 2.10. The Hall–Kier alpha value is -1.83. The van der Waals surface area contributed by atoms with E-state index in [9.17, 15) is 9.59 Å². The van der Waals surface area contributed by atoms with E-state index in [0.717, 1.165) is 0 Å². The summed E-state index contributed by atoms with van der Waals surface area (Å²) in [6, 6.07) is 1.84. The van der Waals surface area contributed by atoms with E-state index < -0.39 is 5.69 Å². The van der Waals surface area contributed by atoms with Gasteiger partial charge in [-0.15, -0.1) is 0 Å². The molecular weight excluding hydrogens is 170 g/mol. The zero-order valence-electron chi connectivity index (χ0n) is 7.20. The van der Waals surface area contributed by atoms with Gasteiger partial charge in [0.1, 0.15) is 6.54 Å². The predicted octanol–water partition coefficient (Wildman–Crippen LogP) is -0.377. The maximum Gasteiger partial charge on any atom is 0.329 e. The van der Waals surface area contributed by atoms with Crippen molar-refractivity contribution in [1.82, 2.24) is 9.55 Å². The fourth-order valence-corrected chi connectivity index (χ4v) is 1.00. The predicted molar refractivity (Wildman–Crippen MR) is 46.3 cm³/mol. The number of hydrogen-bond acceptors (Lipinski definition) is 3. The lowest BCUT2D eigenvalue weighted by atomic mass is 10.3. The van der Waals surface area contributed by atoms with E-state index in [1.807, 2.05) is 13.0 Å². The summed E-state index contributed by atoms with van der Waals surface area (Å²) in [6.07, 6.45) is 1.96. The standard InChI is InChI=1S/C8H9N3O2/c1-2-6-5-11(4-3-9)8(13)10-7(6)12/h5H,2,4H2,1H3,(H,10,12,13). The minimum atomic E-state index is -0.538. The molecule has 1 aromatic heterocycles. The van der Waals surface area contributed by atoms with Crippen molar-refractivity contribution in [2.75, 3.05) is 0 Å². The second-order valence-corrected chi connectivity index (χ2v) is 2.55. The van der Waals surface area contributed by atoms with E-state index in [0.29, 0.717) is 12.0 Å². The topological polar surface area (TPSA) is 78.7 Å². The molecule has 0 saturated carbocycles. The SMILES string of the molecule is CCc1cn(CC#N)c(=O)[nH]c1=O. The molecule has 0 aliphatic rings. The molecule has 0 unspecified atom stereocenters. The number of aryl methyl sites for hydroxylation is 1. The number of aromatic amines is 1. The normalized spacial score (nSPS) is 9.54. The maximum absolute atomic E-state index is 11.1. The van der Waals surface area contributed by atoms with Crippen LogP contribution >= 0.6 is 0 Å². The minimum Gasteiger partial charge on any atom is -0.287 e. The molecule has 0 atom stereocenters. The van der Waals surface area contributed by atoms with Crippen molar-refractivity contribution in [3.8, 4) is 6.07 Å². The Morgan fingerprint density at radius 1 is 1.62 bits per heavy atom. The second kappa shape index (κ2) is 3.72. The van der Waals surface area contributed by atoms with E-state index in [-0.39, 0.29) is 12.1 Å². The van der Waals surface area contributed by atoms with Crippen molar-refractivity contribution in [2.45, 2.75) is 19.9 Å². The summed E-state index contributed by atoms with van der Waals surface area (Å²) in [4.78, 5) is 24.3. The zero-order chi connectivity index (χ0) is 9.84. The molecule has 0 aliphatic heterocycles. The van der Waals surface area contributed by atoms with Gasteiger partial charge in [-0.05, 0) is 6.42 Å². The highest BCUT2D eigenvalue weighted by Crippen LogP contribution is 1.87. The first-order chi connectivity index (χ1) is 6.19. The first-order valence-corrected chi connectivity index (χ1v) is 3.88. The highest BCUT2D eigenvalue weighted by Gasteiger charge is 2.01. The molecule has 0 spiro atoms. The van der Waals surface area contributed by atoms with Crippen LogP contribution in [0.25, 0.3) is 0 Å². The molecule has 0 aliphatic carbocycles. The van der Waals surface area contributed by atoms with Crippen LogP contribution in [0.2, 0.25) is 0 Å². The van der Waals surface area contributed by atoms with Gasteiger partial charge in [0.2, 0.25) is 0 Å². The lowest BCUT2D eigenvalue weighted by Crippen LogP contribution is -2.31. The summed E-state index contributed by atoms with van der Waals surface area (Å²) >= 11 is 0. The number of H-pyrrole nitrogens is 1. The average molecular weight is 179 g/mol. The van der Waals surface area contributed by atoms with Gasteiger partial charge in [0, 0.05) is 11.8 Å². The number of nitrogens with one attached hydrogen (secondary N) is 1. The first-order valence-electron chi connectivity index (χ1n) is 3.88. The Morgan fingerprint density at radius 2 is 2.31 bits per heavy atom. The Morgan fingerprint density at radius 3 is 2.85 bits per heavy atom. The summed E-state index contributed by atoms with van der Waals surface area (Å²) < 4.78 is 1.18. The minimum absolute atomic E-state index is 0.0391. The van der Waals surface area contributed by atoms with Crippen molar-refractivity contribution in [3.63, 3.8) is 0 Å². The van der Waals surface area contributed by atoms with E-state index in [1.165, 1.54) is 10.8 Å². The highest BCUT2D eigenvalue weighted by molar-refractivity contribution is 5.04. The van der Waals surface area contributed by atoms with Gasteiger partial charge in [0.15, 0.2) is 0 Å². The quantitative estimate of drug-likeness (QED) is 0.672. The van der Waals surface area contributed by atoms with Crippen LogP contribution in [-0.4, -0.2) is 9.55 Å². The van der Waals surface area contributed by atoms with Gasteiger partial charge in [0.05, 0.1) is 6.07 Å². The molecule has 68 valence electrons. The summed E-state index contributed by atoms with van der Waals surface area (Å²) in [5.41, 5.74) is -0.403. The molecule has 1 aromatic rings. The smallest absolute Gasteiger partial charge is 0.287 e. The molecule has 0 amide bonds. The second-order valence-electron chi connectivity index (χ2n) is 2.55. The molecule has 1 rings (SSSR count). The summed E-state index contributed by atoms with van der Waals surface area (Å²) in [5, 5.41) is 8.38. The van der Waals surface area contributed by atoms with E-state index in [1.54, 1.807) is 0 Å². The third-order valence-corrected chi connectivity index (χ3v) is 1.71. The van der Waals surface area contributed by atoms with E-state index >= 15 is 0 Å². The molecule has 0 saturated heterocycles. The first kappa shape index (κ1) is 9.26. The van der Waals surface area contributed by atoms with Crippen LogP contribution in [-0.2, 0) is 13.0 Å². The van der Waals surface area contributed by atoms with E-state index in [4.69, 9.17) is 5.26 Å². The van der Waals surface area contributed by atoms with Gasteiger partial charge in [-0.1, -0.05) is 6.92 Å². The van der Waals surface area contributed by atoms with Crippen molar-refractivity contribution >= 4 is 0 Å². The Kier molecular flexibility index (Phi) is 2.65. The molecule has 0 bridgehead atoms. The molecular formula is C8H9N3O2. The molecule has 0 aromatic carbocycles. The third kappa shape index (κ3) is 1.85. The number of hydrogen-bond donors (Lipinski definition) is 1. The van der Waals surface area contributed by atoms with Crippen LogP contribution in [0.3, 0.4) is 0 Å². The monoisotopic (exact) mass is 179 g/mol. The molecule has 0 radical (unpaired) electrons. The van der Waals surface area contributed by atoms with Gasteiger partial charge in [-0.3, -0.25) is 14.3 Å². The fourth-order valence-electron chi connectivity index (χ4n) is 1.00. The van der Waals surface area contributed by atoms with Gasteiger partial charge in [-0.2, -0.15) is 5.26 Å². The number of nitriles is 1. The number of aromatic nitrogens is 2. The molecule has 5 nitrogen and oxygen atoms in total. The Labute approximate surface area is 74.3 Å². The maximum atomic E-state index is 11.1. The molecule has 5 heteroatoms. The summed E-state index contributed by atoms with van der Waals surface area (Å²) in [5.74, 6) is 0. The third-order valence-electron chi connectivity index (χ3n) is 1.71. The summed E-state index contributed by atoms with van der Waals surface area (Å²) in [6.45, 7) is 1.77. The lowest BCUT2D eigenvalue weighted by Gasteiger charge is -2.00. The fraction of sp³-hybridized carbons (Fsp3) is 0.375. The molecule has 0 fully saturated rings. The van der Waals surface area contributed by atoms with Crippen molar-refractivity contribution in [3.05, 3.63) is 32.6 Å². The van der Waals surface area contributed by atoms with Crippen molar-refractivity contribution in [1.29, 1.82) is 5.26 Å². The lowest BCUT2D eigenvalue weighted by molar-refractivity contribution is 0.728. The van der Waals surface area contributed by atoms with Crippen LogP contribution in [0.15, 0.2) is 15.8 Å². The highest BCUT2D eigenvalue weighted by atomic mass is 16.2. The van der Waals surface area contributed by atoms with Gasteiger partial charge >= 0.3 is 5.69 Å². The number of nitrogens with zero attached hydrogens (tertiary/aromatic N) is 2. The molecule has 1 heterocycles. The molecule has 1 N–H and O–H groups in total. The van der Waals surface area contributed by atoms with Crippen molar-refractivity contribution < 1.29 is 0 Å².